The average molecular weight is 272 g/mol. The van der Waals surface area contributed by atoms with Crippen LogP contribution in [-0.4, -0.2) is 25.7 Å². The quantitative estimate of drug-likeness (QED) is 0.462. The fourth-order valence-corrected chi connectivity index (χ4v) is 2.09. The largest absolute Gasteiger partial charge is 0.491 e. The molecule has 0 aromatic heterocycles. The van der Waals surface area contributed by atoms with Gasteiger partial charge in [0.05, 0.1) is 6.61 Å². The minimum atomic E-state index is 0.0685. The number of ether oxygens (including phenoxy) is 2. The maximum absolute atomic E-state index is 7.62. The van der Waals surface area contributed by atoms with Crippen molar-refractivity contribution < 1.29 is 9.47 Å². The summed E-state index contributed by atoms with van der Waals surface area (Å²) in [6.45, 7) is 3.93. The first kappa shape index (κ1) is 14.3. The van der Waals surface area contributed by atoms with E-state index in [1.807, 2.05) is 36.4 Å². The number of nitrogens with two attached hydrogens (primary N) is 1. The monoisotopic (exact) mass is 272 g/mol. The van der Waals surface area contributed by atoms with Crippen LogP contribution in [0.25, 0.3) is 10.8 Å². The fraction of sp³-hybridized carbons (Fsp3) is 0.312. The third-order valence-electron chi connectivity index (χ3n) is 3.01. The van der Waals surface area contributed by atoms with Crippen LogP contribution in [0.2, 0.25) is 0 Å². The van der Waals surface area contributed by atoms with Crippen molar-refractivity contribution in [1.29, 1.82) is 5.41 Å². The van der Waals surface area contributed by atoms with Crippen molar-refractivity contribution >= 4 is 16.6 Å². The van der Waals surface area contributed by atoms with Gasteiger partial charge in [0, 0.05) is 17.6 Å². The van der Waals surface area contributed by atoms with E-state index in [9.17, 15) is 0 Å². The number of hydrogen-bond acceptors (Lipinski definition) is 3. The standard InChI is InChI=1S/C16H20N2O2/c1-2-9-19-10-11-20-15-8-7-14(16(17)18)12-5-3-4-6-13(12)15/h3-8H,2,9-11H2,1H3,(H3,17,18). The molecule has 0 saturated heterocycles. The molecule has 106 valence electrons. The Hall–Kier alpha value is -2.07. The van der Waals surface area contributed by atoms with Crippen LogP contribution < -0.4 is 10.5 Å². The molecule has 0 amide bonds. The lowest BCUT2D eigenvalue weighted by molar-refractivity contribution is 0.101. The van der Waals surface area contributed by atoms with Gasteiger partial charge in [-0.3, -0.25) is 5.41 Å². The summed E-state index contributed by atoms with van der Waals surface area (Å²) in [5.74, 6) is 0.865. The molecule has 0 radical (unpaired) electrons. The lowest BCUT2D eigenvalue weighted by atomic mass is 10.0. The lowest BCUT2D eigenvalue weighted by Crippen LogP contribution is -2.12. The minimum Gasteiger partial charge on any atom is -0.491 e. The van der Waals surface area contributed by atoms with Gasteiger partial charge in [-0.1, -0.05) is 31.2 Å². The average Bonchev–Trinajstić information content (AvgIpc) is 2.46. The number of nitrogen functional groups attached to an aromatic ring is 1. The first-order chi connectivity index (χ1) is 9.74. The van der Waals surface area contributed by atoms with E-state index in [-0.39, 0.29) is 5.84 Å². The van der Waals surface area contributed by atoms with E-state index in [0.717, 1.165) is 35.1 Å². The number of rotatable bonds is 7. The smallest absolute Gasteiger partial charge is 0.127 e. The van der Waals surface area contributed by atoms with Gasteiger partial charge in [-0.15, -0.1) is 0 Å². The van der Waals surface area contributed by atoms with Crippen molar-refractivity contribution in [2.45, 2.75) is 13.3 Å². The maximum atomic E-state index is 7.62. The second kappa shape index (κ2) is 6.91. The molecule has 3 N–H and O–H groups in total. The van der Waals surface area contributed by atoms with Crippen LogP contribution in [0.3, 0.4) is 0 Å². The van der Waals surface area contributed by atoms with Crippen LogP contribution >= 0.6 is 0 Å². The van der Waals surface area contributed by atoms with Crippen molar-refractivity contribution in [3.63, 3.8) is 0 Å². The molecular formula is C16H20N2O2. The predicted molar refractivity (Wildman–Crippen MR) is 81.6 cm³/mol. The molecule has 0 fully saturated rings. The third kappa shape index (κ3) is 3.27. The summed E-state index contributed by atoms with van der Waals surface area (Å²) in [4.78, 5) is 0. The summed E-state index contributed by atoms with van der Waals surface area (Å²) in [7, 11) is 0. The Morgan fingerprint density at radius 2 is 1.80 bits per heavy atom. The van der Waals surface area contributed by atoms with E-state index in [1.54, 1.807) is 0 Å². The molecule has 2 aromatic rings. The topological polar surface area (TPSA) is 68.3 Å². The van der Waals surface area contributed by atoms with Crippen LogP contribution in [0.15, 0.2) is 36.4 Å². The van der Waals surface area contributed by atoms with Crippen molar-refractivity contribution in [1.82, 2.24) is 0 Å². The van der Waals surface area contributed by atoms with E-state index < -0.39 is 0 Å². The summed E-state index contributed by atoms with van der Waals surface area (Å²) >= 11 is 0. The molecule has 4 heteroatoms. The van der Waals surface area contributed by atoms with E-state index in [0.29, 0.717) is 13.2 Å². The van der Waals surface area contributed by atoms with Gasteiger partial charge >= 0.3 is 0 Å². The highest BCUT2D eigenvalue weighted by Gasteiger charge is 2.08. The van der Waals surface area contributed by atoms with Crippen LogP contribution in [0.5, 0.6) is 5.75 Å². The molecule has 0 atom stereocenters. The second-order valence-electron chi connectivity index (χ2n) is 4.53. The number of amidine groups is 1. The van der Waals surface area contributed by atoms with E-state index in [2.05, 4.69) is 6.92 Å². The number of nitrogens with one attached hydrogen (secondary N) is 1. The SMILES string of the molecule is CCCOCCOc1ccc(C(=N)N)c2ccccc12. The molecule has 0 saturated carbocycles. The Morgan fingerprint density at radius 1 is 1.05 bits per heavy atom. The van der Waals surface area contributed by atoms with Crippen LogP contribution in [0, 0.1) is 5.41 Å². The van der Waals surface area contributed by atoms with Gasteiger partial charge in [0.25, 0.3) is 0 Å². The fourth-order valence-electron chi connectivity index (χ4n) is 2.09. The van der Waals surface area contributed by atoms with Crippen molar-refractivity contribution in [3.8, 4) is 5.75 Å². The minimum absolute atomic E-state index is 0.0685. The molecule has 20 heavy (non-hydrogen) atoms. The zero-order chi connectivity index (χ0) is 14.4. The van der Waals surface area contributed by atoms with Crippen LogP contribution in [-0.2, 0) is 4.74 Å². The molecule has 0 unspecified atom stereocenters. The molecule has 0 aliphatic rings. The first-order valence-corrected chi connectivity index (χ1v) is 6.80. The Morgan fingerprint density at radius 3 is 2.50 bits per heavy atom. The van der Waals surface area contributed by atoms with Gasteiger partial charge in [0.2, 0.25) is 0 Å². The van der Waals surface area contributed by atoms with E-state index in [4.69, 9.17) is 20.6 Å². The summed E-state index contributed by atoms with van der Waals surface area (Å²) in [6, 6.07) is 11.5. The Bertz CT molecular complexity index is 596. The molecule has 0 heterocycles. The van der Waals surface area contributed by atoms with Crippen LogP contribution in [0.1, 0.15) is 18.9 Å². The van der Waals surface area contributed by atoms with Crippen molar-refractivity contribution in [2.75, 3.05) is 19.8 Å². The summed E-state index contributed by atoms with van der Waals surface area (Å²) in [5.41, 5.74) is 6.34. The normalized spacial score (nSPS) is 10.7. The maximum Gasteiger partial charge on any atom is 0.127 e. The van der Waals surface area contributed by atoms with E-state index >= 15 is 0 Å². The molecule has 0 aliphatic carbocycles. The summed E-state index contributed by atoms with van der Waals surface area (Å²) < 4.78 is 11.2. The Labute approximate surface area is 119 Å². The highest BCUT2D eigenvalue weighted by molar-refractivity contribution is 6.09. The summed E-state index contributed by atoms with van der Waals surface area (Å²) in [6.07, 6.45) is 1.01. The molecule has 0 aliphatic heterocycles. The zero-order valence-electron chi connectivity index (χ0n) is 11.7. The van der Waals surface area contributed by atoms with Crippen molar-refractivity contribution in [3.05, 3.63) is 42.0 Å². The molecule has 0 bridgehead atoms. The van der Waals surface area contributed by atoms with Crippen LogP contribution in [0.4, 0.5) is 0 Å². The van der Waals surface area contributed by atoms with Gasteiger partial charge in [-0.05, 0) is 23.9 Å². The molecular weight excluding hydrogens is 252 g/mol. The highest BCUT2D eigenvalue weighted by atomic mass is 16.5. The van der Waals surface area contributed by atoms with Crippen molar-refractivity contribution in [2.24, 2.45) is 5.73 Å². The van der Waals surface area contributed by atoms with E-state index in [1.165, 1.54) is 0 Å². The van der Waals surface area contributed by atoms with Gasteiger partial charge in [-0.2, -0.15) is 0 Å². The third-order valence-corrected chi connectivity index (χ3v) is 3.01. The van der Waals surface area contributed by atoms with Gasteiger partial charge < -0.3 is 15.2 Å². The molecule has 4 nitrogen and oxygen atoms in total. The molecule has 2 rings (SSSR count). The van der Waals surface area contributed by atoms with Gasteiger partial charge in [0.15, 0.2) is 0 Å². The first-order valence-electron chi connectivity index (χ1n) is 6.80. The van der Waals surface area contributed by atoms with Gasteiger partial charge in [-0.25, -0.2) is 0 Å². The number of hydrogen-bond donors (Lipinski definition) is 2. The molecule has 0 spiro atoms. The second-order valence-corrected chi connectivity index (χ2v) is 4.53. The Balaban J connectivity index is 2.18. The zero-order valence-corrected chi connectivity index (χ0v) is 11.7. The number of fused-ring (bicyclic) bond motifs is 1. The van der Waals surface area contributed by atoms with Gasteiger partial charge in [0.1, 0.15) is 18.2 Å². The number of benzene rings is 2. The predicted octanol–water partition coefficient (Wildman–Crippen LogP) is 2.93. The Kier molecular flexibility index (Phi) is 4.96. The molecule has 2 aromatic carbocycles. The lowest BCUT2D eigenvalue weighted by Gasteiger charge is -2.12. The highest BCUT2D eigenvalue weighted by Crippen LogP contribution is 2.28. The summed E-state index contributed by atoms with van der Waals surface area (Å²) in [5, 5.41) is 9.52.